The van der Waals surface area contributed by atoms with E-state index in [1.807, 2.05) is 63.5 Å². The van der Waals surface area contributed by atoms with Gasteiger partial charge in [0.05, 0.1) is 37.3 Å². The lowest BCUT2D eigenvalue weighted by atomic mass is 9.86. The molecule has 13 rings (SSSR count). The summed E-state index contributed by atoms with van der Waals surface area (Å²) in [6.45, 7) is 15.1. The van der Waals surface area contributed by atoms with Gasteiger partial charge in [-0.05, 0) is 124 Å². The zero-order valence-electron chi connectivity index (χ0n) is 61.7. The fraction of sp³-hybridized carbons (Fsp3) is 0.547. The number of aliphatic hydroxyl groups is 1. The summed E-state index contributed by atoms with van der Waals surface area (Å²) in [5.74, 6) is -2.28. The number of amides is 1. The molecule has 8 aromatic heterocycles. The summed E-state index contributed by atoms with van der Waals surface area (Å²) >= 11 is 0. The predicted octanol–water partition coefficient (Wildman–Crippen LogP) is 11.4. The molecule has 11 heterocycles. The van der Waals surface area contributed by atoms with Gasteiger partial charge in [-0.25, -0.2) is 18.7 Å². The van der Waals surface area contributed by atoms with Crippen LogP contribution in [0.5, 0.6) is 23.8 Å². The Bertz CT molecular complexity index is 4370. The molecular formula is C75H94F5N17O10. The minimum Gasteiger partial charge on any atom is -0.496 e. The molecule has 4 N–H and O–H groups in total. The van der Waals surface area contributed by atoms with Gasteiger partial charge in [-0.3, -0.25) is 24.5 Å². The number of nitrogens with zero attached hydrogens (tertiary/aromatic N) is 14. The maximum atomic E-state index is 13.3. The zero-order chi connectivity index (χ0) is 76.1. The molecule has 0 unspecified atom stereocenters. The number of carbonyl (C=O) groups is 3. The summed E-state index contributed by atoms with van der Waals surface area (Å²) in [7, 11) is 4.92. The van der Waals surface area contributed by atoms with Gasteiger partial charge in [-0.2, -0.15) is 53.2 Å². The van der Waals surface area contributed by atoms with Crippen molar-refractivity contribution in [3.63, 3.8) is 0 Å². The van der Waals surface area contributed by atoms with Crippen molar-refractivity contribution in [2.75, 3.05) is 102 Å². The standard InChI is InChI=1S/C27H36N4O3.C26H35N5O5.C22H23F5N8O2/c1-5-18(2)15-25(32)24-16-26(30-27(29-24)34-19(3)17-33-4)31-13-10-20(11-14-31)21-8-9-23-22(21)7-6-12-28-23;1-16(14-32)11-21(33)20-12-23(30-26(29-20)36-17(2)15-34-3)31-9-6-18(7-10-31)19-13-28-25-24(19)22(35-4)5-8-27-25;1-11(22(25,26)27)29-18(36)17-30-19(32-20(31-17)37-10-13-9-21(13,23)24)35-7-4-12(5-8-35)15-14-3-2-6-28-16(14)34-33-15/h6-8,12,16,18-20H,5,9-11,13-15,17H2,1-4H3;5,8,12-13,16-18,32H,6-7,9-11,14-15H2,1-4H3,(H,27,28);2-3,6,11-13H,4-5,7-10H2,1H3,(H,29,36)(H,28,33,34)/t18-,19-;16-,17+;11-,13+/m100/s1. The van der Waals surface area contributed by atoms with Crippen LogP contribution in [0, 0.1) is 23.7 Å². The van der Waals surface area contributed by atoms with E-state index in [1.165, 1.54) is 22.4 Å². The Morgan fingerprint density at radius 3 is 1.88 bits per heavy atom. The van der Waals surface area contributed by atoms with Crippen molar-refractivity contribution >= 4 is 62.7 Å². The molecule has 27 nitrogen and oxygen atoms in total. The lowest BCUT2D eigenvalue weighted by Crippen LogP contribution is -2.44. The fourth-order valence-electron chi connectivity index (χ4n) is 13.6. The van der Waals surface area contributed by atoms with Crippen LogP contribution in [0.15, 0.2) is 73.3 Å². The first-order valence-corrected chi connectivity index (χ1v) is 36.5. The second kappa shape index (κ2) is 35.4. The van der Waals surface area contributed by atoms with Crippen LogP contribution in [0.4, 0.5) is 39.5 Å². The smallest absolute Gasteiger partial charge is 0.408 e. The lowest BCUT2D eigenvalue weighted by Gasteiger charge is -2.34. The number of aliphatic hydroxyl groups excluding tert-OH is 1. The maximum Gasteiger partial charge on any atom is 0.408 e. The number of carbonyl (C=O) groups excluding carboxylic acids is 3. The van der Waals surface area contributed by atoms with Gasteiger partial charge < -0.3 is 58.5 Å². The van der Waals surface area contributed by atoms with Crippen molar-refractivity contribution in [1.82, 2.24) is 70.3 Å². The van der Waals surface area contributed by atoms with Crippen LogP contribution in [0.3, 0.4) is 0 Å². The highest BCUT2D eigenvalue weighted by Crippen LogP contribution is 2.49. The van der Waals surface area contributed by atoms with Gasteiger partial charge in [-0.15, -0.1) is 0 Å². The van der Waals surface area contributed by atoms with E-state index in [1.54, 1.807) is 50.0 Å². The number of hydrogen-bond donors (Lipinski definition) is 4. The van der Waals surface area contributed by atoms with Crippen LogP contribution in [0.25, 0.3) is 27.6 Å². The number of rotatable bonds is 28. The number of ketones is 2. The molecule has 0 radical (unpaired) electrons. The minimum atomic E-state index is -4.67. The van der Waals surface area contributed by atoms with Gasteiger partial charge in [0.2, 0.25) is 11.8 Å². The first-order chi connectivity index (χ1) is 51.4. The van der Waals surface area contributed by atoms with Crippen LogP contribution in [0.1, 0.15) is 172 Å². The molecule has 574 valence electrons. The minimum absolute atomic E-state index is 0.0203. The number of H-pyrrole nitrogens is 2. The summed E-state index contributed by atoms with van der Waals surface area (Å²) in [6.07, 6.45) is 12.0. The van der Waals surface area contributed by atoms with Crippen molar-refractivity contribution in [1.29, 1.82) is 0 Å². The number of halogens is 5. The largest absolute Gasteiger partial charge is 0.496 e. The quantitative estimate of drug-likeness (QED) is 0.0261. The van der Waals surface area contributed by atoms with Crippen LogP contribution >= 0.6 is 0 Å². The molecule has 2 aliphatic carbocycles. The average Bonchev–Trinajstić information content (AvgIpc) is 1.74. The Morgan fingerprint density at radius 2 is 1.29 bits per heavy atom. The van der Waals surface area contributed by atoms with Crippen molar-refractivity contribution < 1.29 is 69.9 Å². The first kappa shape index (κ1) is 78.4. The second-order valence-electron chi connectivity index (χ2n) is 28.2. The molecule has 32 heteroatoms. The predicted molar refractivity (Wildman–Crippen MR) is 389 cm³/mol. The van der Waals surface area contributed by atoms with Crippen molar-refractivity contribution in [2.24, 2.45) is 23.7 Å². The van der Waals surface area contributed by atoms with E-state index in [-0.39, 0.29) is 79.6 Å². The number of ether oxygens (including phenoxy) is 6. The topological polar surface area (TPSA) is 322 Å². The number of nitrogens with one attached hydrogen (secondary N) is 3. The molecule has 107 heavy (non-hydrogen) atoms. The maximum absolute atomic E-state index is 13.3. The molecule has 3 aliphatic heterocycles. The van der Waals surface area contributed by atoms with E-state index >= 15 is 0 Å². The number of piperidine rings is 3. The van der Waals surface area contributed by atoms with Gasteiger partial charge in [0.15, 0.2) is 17.2 Å². The van der Waals surface area contributed by atoms with Gasteiger partial charge in [0, 0.05) is 140 Å². The summed E-state index contributed by atoms with van der Waals surface area (Å²) in [6, 6.07) is 11.3. The SMILES string of the molecule is CC[C@@H](C)CC(=O)c1cc(N2CCC(C3=CCc4ncccc43)CC2)nc(O[C@H](C)COC)n1.COC[C@@H](C)Oc1nc(C(=O)C[C@H](C)CO)cc(N2CCC(c3c[nH]c4nccc(OC)c34)CC2)n1.C[C@H](NC(=O)c1nc(OC[C@H]2CC2(F)F)nc(N2CCC(c3[nH]nc4ncccc34)CC2)n1)C(F)(F)F. The summed E-state index contributed by atoms with van der Waals surface area (Å²) in [4.78, 5) is 91.1. The number of aromatic amines is 2. The van der Waals surface area contributed by atoms with Gasteiger partial charge in [0.25, 0.3) is 11.8 Å². The van der Waals surface area contributed by atoms with E-state index in [0.29, 0.717) is 86.2 Å². The summed E-state index contributed by atoms with van der Waals surface area (Å²) < 4.78 is 98.3. The highest BCUT2D eigenvalue weighted by Gasteiger charge is 2.57. The Hall–Kier alpha value is -9.69. The van der Waals surface area contributed by atoms with Crippen molar-refractivity contribution in [3.8, 4) is 23.8 Å². The normalized spacial score (nSPS) is 18.2. The van der Waals surface area contributed by atoms with Crippen LogP contribution in [-0.4, -0.2) is 205 Å². The van der Waals surface area contributed by atoms with Gasteiger partial charge in [0.1, 0.15) is 59.3 Å². The molecule has 4 fully saturated rings. The molecule has 0 bridgehead atoms. The molecule has 3 saturated heterocycles. The number of Topliss-reactive ketones (excluding diaryl/α,β-unsaturated/α-hetero) is 2. The van der Waals surface area contributed by atoms with E-state index < -0.39 is 41.8 Å². The Balaban J connectivity index is 0.000000160. The third-order valence-electron chi connectivity index (χ3n) is 20.0. The number of fused-ring (bicyclic) bond motifs is 3. The van der Waals surface area contributed by atoms with Gasteiger partial charge >= 0.3 is 24.2 Å². The van der Waals surface area contributed by atoms with E-state index in [4.69, 9.17) is 28.4 Å². The number of alkyl halides is 5. The summed E-state index contributed by atoms with van der Waals surface area (Å²) in [5.41, 5.74) is 8.28. The summed E-state index contributed by atoms with van der Waals surface area (Å²) in [5, 5.41) is 20.4. The lowest BCUT2D eigenvalue weighted by molar-refractivity contribution is -0.149. The highest BCUT2D eigenvalue weighted by atomic mass is 19.4. The molecule has 8 aromatic rings. The third kappa shape index (κ3) is 19.9. The van der Waals surface area contributed by atoms with Crippen LogP contribution in [0.2, 0.25) is 0 Å². The average molecular weight is 1490 g/mol. The number of allylic oxidation sites excluding steroid dienone is 2. The van der Waals surface area contributed by atoms with Crippen molar-refractivity contribution in [3.05, 3.63) is 113 Å². The third-order valence-corrected chi connectivity index (χ3v) is 20.0. The molecule has 5 aliphatic rings. The Labute approximate surface area is 617 Å². The number of pyridine rings is 3. The van der Waals surface area contributed by atoms with Gasteiger partial charge in [-0.1, -0.05) is 39.3 Å². The Morgan fingerprint density at radius 1 is 0.701 bits per heavy atom. The monoisotopic (exact) mass is 1490 g/mol. The number of anilines is 3. The zero-order valence-corrected chi connectivity index (χ0v) is 61.7. The molecule has 1 saturated carbocycles. The fourth-order valence-corrected chi connectivity index (χ4v) is 13.6. The van der Waals surface area contributed by atoms with Crippen LogP contribution < -0.4 is 39.0 Å². The van der Waals surface area contributed by atoms with Crippen LogP contribution in [-0.2, 0) is 15.9 Å². The van der Waals surface area contributed by atoms with E-state index in [9.17, 15) is 41.4 Å². The number of hydrogen-bond acceptors (Lipinski definition) is 24. The molecule has 6 atom stereocenters. The molecule has 0 aromatic carbocycles. The molecule has 0 spiro atoms. The van der Waals surface area contributed by atoms with Crippen molar-refractivity contribution in [2.45, 2.75) is 154 Å². The van der Waals surface area contributed by atoms with E-state index in [2.05, 4.69) is 101 Å². The number of methoxy groups -OCH3 is 3. The highest BCUT2D eigenvalue weighted by molar-refractivity contribution is 5.96. The first-order valence-electron chi connectivity index (χ1n) is 36.5. The Kier molecular flexibility index (Phi) is 25.9. The molecular weight excluding hydrogens is 1390 g/mol. The molecule has 1 amide bonds. The second-order valence-corrected chi connectivity index (χ2v) is 28.2. The van der Waals surface area contributed by atoms with E-state index in [0.717, 1.165) is 105 Å². The number of aromatic nitrogens is 13.